The first-order valence-electron chi connectivity index (χ1n) is 4.80. The highest BCUT2D eigenvalue weighted by Gasteiger charge is 2.14. The van der Waals surface area contributed by atoms with Crippen LogP contribution >= 0.6 is 11.8 Å². The second-order valence-electron chi connectivity index (χ2n) is 3.28. The lowest BCUT2D eigenvalue weighted by atomic mass is 10.3. The fourth-order valence-electron chi connectivity index (χ4n) is 1.42. The molecule has 0 aliphatic heterocycles. The average Bonchev–Trinajstić information content (AvgIpc) is 2.55. The zero-order valence-corrected chi connectivity index (χ0v) is 9.90. The van der Waals surface area contributed by atoms with E-state index in [9.17, 15) is 5.11 Å². The van der Waals surface area contributed by atoms with Crippen molar-refractivity contribution >= 4 is 11.8 Å². The van der Waals surface area contributed by atoms with E-state index in [1.54, 1.807) is 23.1 Å². The van der Waals surface area contributed by atoms with Gasteiger partial charge in [-0.15, -0.1) is 0 Å². The van der Waals surface area contributed by atoms with Crippen LogP contribution in [0.25, 0.3) is 0 Å². The van der Waals surface area contributed by atoms with Gasteiger partial charge in [0.05, 0.1) is 12.3 Å². The highest BCUT2D eigenvalue weighted by atomic mass is 32.2. The van der Waals surface area contributed by atoms with Gasteiger partial charge < -0.3 is 5.11 Å². The van der Waals surface area contributed by atoms with E-state index >= 15 is 0 Å². The Bertz CT molecular complexity index is 483. The SMILES string of the molecule is Cc1nn(C)c(Sc2ncccn2)c1CO. The first-order chi connectivity index (χ1) is 7.72. The Balaban J connectivity index is 2.34. The Kier molecular flexibility index (Phi) is 3.21. The van der Waals surface area contributed by atoms with Gasteiger partial charge in [-0.2, -0.15) is 5.10 Å². The van der Waals surface area contributed by atoms with E-state index < -0.39 is 0 Å². The third-order valence-corrected chi connectivity index (χ3v) is 3.27. The zero-order valence-electron chi connectivity index (χ0n) is 9.08. The van der Waals surface area contributed by atoms with Crippen LogP contribution in [0.4, 0.5) is 0 Å². The predicted octanol–water partition coefficient (Wildman–Crippen LogP) is 1.16. The Morgan fingerprint density at radius 1 is 1.38 bits per heavy atom. The van der Waals surface area contributed by atoms with Crippen molar-refractivity contribution in [2.45, 2.75) is 23.7 Å². The number of nitrogens with zero attached hydrogens (tertiary/aromatic N) is 4. The van der Waals surface area contributed by atoms with Crippen LogP contribution in [0.2, 0.25) is 0 Å². The van der Waals surface area contributed by atoms with Gasteiger partial charge in [-0.1, -0.05) is 0 Å². The Hall–Kier alpha value is -1.40. The summed E-state index contributed by atoms with van der Waals surface area (Å²) in [6.07, 6.45) is 3.38. The molecule has 5 nitrogen and oxygen atoms in total. The van der Waals surface area contributed by atoms with Crippen molar-refractivity contribution in [2.24, 2.45) is 7.05 Å². The summed E-state index contributed by atoms with van der Waals surface area (Å²) in [5, 5.41) is 15.1. The van der Waals surface area contributed by atoms with E-state index in [1.165, 1.54) is 11.8 Å². The molecule has 0 atom stereocenters. The third kappa shape index (κ3) is 2.07. The van der Waals surface area contributed by atoms with Gasteiger partial charge in [0.25, 0.3) is 0 Å². The molecular weight excluding hydrogens is 224 g/mol. The molecule has 0 aromatic carbocycles. The quantitative estimate of drug-likeness (QED) is 0.810. The molecule has 0 unspecified atom stereocenters. The van der Waals surface area contributed by atoms with Crippen molar-refractivity contribution in [3.05, 3.63) is 29.7 Å². The van der Waals surface area contributed by atoms with Crippen molar-refractivity contribution in [2.75, 3.05) is 0 Å². The maximum Gasteiger partial charge on any atom is 0.193 e. The summed E-state index contributed by atoms with van der Waals surface area (Å²) in [6.45, 7) is 1.86. The van der Waals surface area contributed by atoms with Gasteiger partial charge in [0.15, 0.2) is 5.16 Å². The fourth-order valence-corrected chi connectivity index (χ4v) is 2.32. The van der Waals surface area contributed by atoms with Crippen LogP contribution in [-0.2, 0) is 13.7 Å². The maximum atomic E-state index is 9.28. The second kappa shape index (κ2) is 4.63. The monoisotopic (exact) mass is 236 g/mol. The fraction of sp³-hybridized carbons (Fsp3) is 0.300. The van der Waals surface area contributed by atoms with Gasteiger partial charge in [0.1, 0.15) is 5.03 Å². The molecule has 0 spiro atoms. The summed E-state index contributed by atoms with van der Waals surface area (Å²) in [5.74, 6) is 0. The van der Waals surface area contributed by atoms with Crippen molar-refractivity contribution < 1.29 is 5.11 Å². The lowest BCUT2D eigenvalue weighted by Crippen LogP contribution is -1.95. The van der Waals surface area contributed by atoms with Crippen LogP contribution in [0, 0.1) is 6.92 Å². The normalized spacial score (nSPS) is 10.7. The first kappa shape index (κ1) is 11.1. The van der Waals surface area contributed by atoms with E-state index in [0.717, 1.165) is 16.3 Å². The summed E-state index contributed by atoms with van der Waals surface area (Å²) in [6, 6.07) is 1.77. The van der Waals surface area contributed by atoms with Crippen molar-refractivity contribution in [1.82, 2.24) is 19.7 Å². The van der Waals surface area contributed by atoms with Crippen LogP contribution < -0.4 is 0 Å². The number of aromatic nitrogens is 4. The standard InChI is InChI=1S/C10H12N4OS/c1-7-8(6-15)9(14(2)13-7)16-10-11-4-3-5-12-10/h3-5,15H,6H2,1-2H3. The topological polar surface area (TPSA) is 63.8 Å². The molecule has 1 N–H and O–H groups in total. The third-order valence-electron chi connectivity index (χ3n) is 2.18. The van der Waals surface area contributed by atoms with Gasteiger partial charge in [0, 0.05) is 25.0 Å². The molecule has 2 heterocycles. The van der Waals surface area contributed by atoms with Crippen LogP contribution in [0.15, 0.2) is 28.6 Å². The van der Waals surface area contributed by atoms with Crippen molar-refractivity contribution in [1.29, 1.82) is 0 Å². The lowest BCUT2D eigenvalue weighted by molar-refractivity contribution is 0.277. The molecule has 16 heavy (non-hydrogen) atoms. The largest absolute Gasteiger partial charge is 0.392 e. The number of hydrogen-bond donors (Lipinski definition) is 1. The Morgan fingerprint density at radius 3 is 2.69 bits per heavy atom. The maximum absolute atomic E-state index is 9.28. The molecule has 0 fully saturated rings. The second-order valence-corrected chi connectivity index (χ2v) is 4.24. The summed E-state index contributed by atoms with van der Waals surface area (Å²) in [5.41, 5.74) is 1.67. The number of aliphatic hydroxyl groups is 1. The summed E-state index contributed by atoms with van der Waals surface area (Å²) >= 11 is 1.40. The van der Waals surface area contributed by atoms with Gasteiger partial charge in [0.2, 0.25) is 0 Å². The van der Waals surface area contributed by atoms with E-state index in [0.29, 0.717) is 5.16 Å². The van der Waals surface area contributed by atoms with Crippen LogP contribution in [0.1, 0.15) is 11.3 Å². The summed E-state index contributed by atoms with van der Waals surface area (Å²) in [7, 11) is 1.84. The highest BCUT2D eigenvalue weighted by molar-refractivity contribution is 7.99. The van der Waals surface area contributed by atoms with Gasteiger partial charge >= 0.3 is 0 Å². The van der Waals surface area contributed by atoms with E-state index in [-0.39, 0.29) is 6.61 Å². The van der Waals surface area contributed by atoms with E-state index in [4.69, 9.17) is 0 Å². The molecular formula is C10H12N4OS. The average molecular weight is 236 g/mol. The minimum absolute atomic E-state index is 0.0190. The van der Waals surface area contributed by atoms with E-state index in [2.05, 4.69) is 15.1 Å². The van der Waals surface area contributed by atoms with Gasteiger partial charge in [-0.25, -0.2) is 9.97 Å². The Morgan fingerprint density at radius 2 is 2.06 bits per heavy atom. The van der Waals surface area contributed by atoms with Crippen molar-refractivity contribution in [3.8, 4) is 0 Å². The molecule has 0 saturated carbocycles. The summed E-state index contributed by atoms with van der Waals surface area (Å²) in [4.78, 5) is 8.26. The lowest BCUT2D eigenvalue weighted by Gasteiger charge is -2.02. The minimum Gasteiger partial charge on any atom is -0.392 e. The molecule has 0 saturated heterocycles. The Labute approximate surface area is 97.5 Å². The molecule has 2 aromatic rings. The molecule has 84 valence electrons. The van der Waals surface area contributed by atoms with E-state index in [1.807, 2.05) is 14.0 Å². The molecule has 0 bridgehead atoms. The van der Waals surface area contributed by atoms with Crippen LogP contribution in [0.3, 0.4) is 0 Å². The van der Waals surface area contributed by atoms with Gasteiger partial charge in [-0.05, 0) is 24.8 Å². The molecule has 0 radical (unpaired) electrons. The molecule has 0 aliphatic carbocycles. The number of aliphatic hydroxyl groups excluding tert-OH is 1. The minimum atomic E-state index is -0.0190. The van der Waals surface area contributed by atoms with Crippen LogP contribution in [-0.4, -0.2) is 24.9 Å². The molecule has 2 aromatic heterocycles. The molecule has 0 amide bonds. The molecule has 6 heteroatoms. The predicted molar refractivity (Wildman–Crippen MR) is 60.0 cm³/mol. The molecule has 2 rings (SSSR count). The van der Waals surface area contributed by atoms with Crippen molar-refractivity contribution in [3.63, 3.8) is 0 Å². The number of rotatable bonds is 3. The zero-order chi connectivity index (χ0) is 11.5. The van der Waals surface area contributed by atoms with Crippen LogP contribution in [0.5, 0.6) is 0 Å². The highest BCUT2D eigenvalue weighted by Crippen LogP contribution is 2.28. The summed E-state index contributed by atoms with van der Waals surface area (Å²) < 4.78 is 1.74. The van der Waals surface area contributed by atoms with Gasteiger partial charge in [-0.3, -0.25) is 4.68 Å². The smallest absolute Gasteiger partial charge is 0.193 e. The molecule has 0 aliphatic rings. The number of aryl methyl sites for hydroxylation is 2. The first-order valence-corrected chi connectivity index (χ1v) is 5.62. The number of hydrogen-bond acceptors (Lipinski definition) is 5.